The summed E-state index contributed by atoms with van der Waals surface area (Å²) in [6.45, 7) is 3.68. The highest BCUT2D eigenvalue weighted by atomic mass is 16.5. The zero-order chi connectivity index (χ0) is 12.4. The Labute approximate surface area is 109 Å². The van der Waals surface area contributed by atoms with E-state index < -0.39 is 0 Å². The summed E-state index contributed by atoms with van der Waals surface area (Å²) in [6, 6.07) is 4.68. The van der Waals surface area contributed by atoms with Gasteiger partial charge in [-0.1, -0.05) is 0 Å². The molecule has 3 heteroatoms. The molecule has 1 aromatic rings. The van der Waals surface area contributed by atoms with Gasteiger partial charge < -0.3 is 10.1 Å². The summed E-state index contributed by atoms with van der Waals surface area (Å²) in [5.41, 5.74) is 0.971. The summed E-state index contributed by atoms with van der Waals surface area (Å²) in [4.78, 5) is 4.22. The Morgan fingerprint density at radius 1 is 1.33 bits per heavy atom. The summed E-state index contributed by atoms with van der Waals surface area (Å²) in [7, 11) is 0. The monoisotopic (exact) mass is 246 g/mol. The second-order valence-electron chi connectivity index (χ2n) is 5.59. The minimum Gasteiger partial charge on any atom is -0.490 e. The molecule has 2 saturated carbocycles. The van der Waals surface area contributed by atoms with Crippen molar-refractivity contribution in [1.29, 1.82) is 0 Å². The molecule has 2 aliphatic rings. The number of rotatable bonds is 7. The minimum absolute atomic E-state index is 0.739. The molecule has 3 nitrogen and oxygen atoms in total. The summed E-state index contributed by atoms with van der Waals surface area (Å²) in [5, 5.41) is 3.69. The SMILES string of the molecule is Cc1ncccc1OCCNC(C1CC1)C1CC1. The highest BCUT2D eigenvalue weighted by Crippen LogP contribution is 2.44. The Balaban J connectivity index is 1.40. The van der Waals surface area contributed by atoms with E-state index in [-0.39, 0.29) is 0 Å². The third-order valence-corrected chi connectivity index (χ3v) is 3.96. The van der Waals surface area contributed by atoms with Crippen molar-refractivity contribution in [2.75, 3.05) is 13.2 Å². The smallest absolute Gasteiger partial charge is 0.140 e. The Hall–Kier alpha value is -1.09. The first-order valence-corrected chi connectivity index (χ1v) is 7.12. The highest BCUT2D eigenvalue weighted by Gasteiger charge is 2.40. The fraction of sp³-hybridized carbons (Fsp3) is 0.667. The standard InChI is InChI=1S/C15H22N2O/c1-11-14(3-2-8-16-11)18-10-9-17-15(12-4-5-12)13-6-7-13/h2-3,8,12-13,15,17H,4-7,9-10H2,1H3. The molecule has 0 amide bonds. The second kappa shape index (κ2) is 5.27. The van der Waals surface area contributed by atoms with E-state index in [1.165, 1.54) is 25.7 Å². The van der Waals surface area contributed by atoms with Crippen LogP contribution in [0.25, 0.3) is 0 Å². The van der Waals surface area contributed by atoms with E-state index >= 15 is 0 Å². The van der Waals surface area contributed by atoms with Crippen LogP contribution in [0.1, 0.15) is 31.4 Å². The molecule has 1 aromatic heterocycles. The Morgan fingerprint density at radius 2 is 2.06 bits per heavy atom. The van der Waals surface area contributed by atoms with Crippen molar-refractivity contribution in [3.8, 4) is 5.75 Å². The van der Waals surface area contributed by atoms with E-state index in [1.54, 1.807) is 6.20 Å². The van der Waals surface area contributed by atoms with Crippen LogP contribution in [0.5, 0.6) is 5.75 Å². The number of nitrogens with zero attached hydrogens (tertiary/aromatic N) is 1. The van der Waals surface area contributed by atoms with E-state index in [0.717, 1.165) is 42.5 Å². The molecule has 1 heterocycles. The molecule has 2 aliphatic carbocycles. The average molecular weight is 246 g/mol. The van der Waals surface area contributed by atoms with E-state index in [0.29, 0.717) is 0 Å². The fourth-order valence-corrected chi connectivity index (χ4v) is 2.64. The lowest BCUT2D eigenvalue weighted by Crippen LogP contribution is -2.36. The van der Waals surface area contributed by atoms with Crippen LogP contribution in [-0.4, -0.2) is 24.2 Å². The molecule has 3 rings (SSSR count). The number of hydrogen-bond donors (Lipinski definition) is 1. The molecule has 1 N–H and O–H groups in total. The van der Waals surface area contributed by atoms with Gasteiger partial charge in [-0.25, -0.2) is 0 Å². The summed E-state index contributed by atoms with van der Waals surface area (Å²) < 4.78 is 5.76. The van der Waals surface area contributed by atoms with Crippen LogP contribution in [-0.2, 0) is 0 Å². The molecule has 0 atom stereocenters. The fourth-order valence-electron chi connectivity index (χ4n) is 2.64. The van der Waals surface area contributed by atoms with Crippen LogP contribution in [0.15, 0.2) is 18.3 Å². The predicted molar refractivity (Wildman–Crippen MR) is 71.7 cm³/mol. The zero-order valence-corrected chi connectivity index (χ0v) is 11.1. The van der Waals surface area contributed by atoms with Crippen molar-refractivity contribution in [2.45, 2.75) is 38.6 Å². The van der Waals surface area contributed by atoms with Gasteiger partial charge in [-0.2, -0.15) is 0 Å². The van der Waals surface area contributed by atoms with Gasteiger partial charge in [0.25, 0.3) is 0 Å². The van der Waals surface area contributed by atoms with Crippen molar-refractivity contribution < 1.29 is 4.74 Å². The van der Waals surface area contributed by atoms with Gasteiger partial charge in [0, 0.05) is 18.8 Å². The van der Waals surface area contributed by atoms with Gasteiger partial charge in [0.15, 0.2) is 0 Å². The van der Waals surface area contributed by atoms with Crippen LogP contribution >= 0.6 is 0 Å². The third-order valence-electron chi connectivity index (χ3n) is 3.96. The van der Waals surface area contributed by atoms with E-state index in [1.807, 2.05) is 19.1 Å². The lowest BCUT2D eigenvalue weighted by Gasteiger charge is -2.17. The molecule has 0 spiro atoms. The maximum absolute atomic E-state index is 5.76. The lowest BCUT2D eigenvalue weighted by atomic mass is 10.1. The van der Waals surface area contributed by atoms with Crippen molar-refractivity contribution in [2.24, 2.45) is 11.8 Å². The molecule has 98 valence electrons. The Morgan fingerprint density at radius 3 is 2.67 bits per heavy atom. The van der Waals surface area contributed by atoms with Gasteiger partial charge in [0.05, 0.1) is 5.69 Å². The van der Waals surface area contributed by atoms with Crippen molar-refractivity contribution >= 4 is 0 Å². The topological polar surface area (TPSA) is 34.1 Å². The minimum atomic E-state index is 0.739. The number of pyridine rings is 1. The Bertz CT molecular complexity index is 387. The zero-order valence-electron chi connectivity index (χ0n) is 11.1. The van der Waals surface area contributed by atoms with Crippen LogP contribution in [0, 0.1) is 18.8 Å². The maximum atomic E-state index is 5.76. The summed E-state index contributed by atoms with van der Waals surface area (Å²) in [6.07, 6.45) is 7.51. The number of aromatic nitrogens is 1. The molecule has 18 heavy (non-hydrogen) atoms. The van der Waals surface area contributed by atoms with Gasteiger partial charge in [0.2, 0.25) is 0 Å². The van der Waals surface area contributed by atoms with Crippen molar-refractivity contribution in [3.05, 3.63) is 24.0 Å². The second-order valence-corrected chi connectivity index (χ2v) is 5.59. The summed E-state index contributed by atoms with van der Waals surface area (Å²) in [5.74, 6) is 2.82. The van der Waals surface area contributed by atoms with Gasteiger partial charge in [-0.05, 0) is 56.6 Å². The van der Waals surface area contributed by atoms with Crippen molar-refractivity contribution in [1.82, 2.24) is 10.3 Å². The van der Waals surface area contributed by atoms with Gasteiger partial charge in [0.1, 0.15) is 12.4 Å². The molecule has 0 radical (unpaired) electrons. The molecular formula is C15H22N2O. The number of aryl methyl sites for hydroxylation is 1. The van der Waals surface area contributed by atoms with Crippen molar-refractivity contribution in [3.63, 3.8) is 0 Å². The normalized spacial score (nSPS) is 19.2. The quantitative estimate of drug-likeness (QED) is 0.751. The van der Waals surface area contributed by atoms with E-state index in [2.05, 4.69) is 10.3 Å². The van der Waals surface area contributed by atoms with Crippen LogP contribution in [0.2, 0.25) is 0 Å². The summed E-state index contributed by atoms with van der Waals surface area (Å²) >= 11 is 0. The molecule has 0 unspecified atom stereocenters. The number of nitrogens with one attached hydrogen (secondary N) is 1. The average Bonchev–Trinajstić information content (AvgIpc) is 3.25. The molecular weight excluding hydrogens is 224 g/mol. The van der Waals surface area contributed by atoms with Gasteiger partial charge >= 0.3 is 0 Å². The molecule has 0 aromatic carbocycles. The van der Waals surface area contributed by atoms with Crippen LogP contribution in [0.4, 0.5) is 0 Å². The van der Waals surface area contributed by atoms with Crippen LogP contribution < -0.4 is 10.1 Å². The predicted octanol–water partition coefficient (Wildman–Crippen LogP) is 2.55. The first-order valence-electron chi connectivity index (χ1n) is 7.12. The van der Waals surface area contributed by atoms with Gasteiger partial charge in [-0.3, -0.25) is 4.98 Å². The largest absolute Gasteiger partial charge is 0.490 e. The van der Waals surface area contributed by atoms with Gasteiger partial charge in [-0.15, -0.1) is 0 Å². The first-order chi connectivity index (χ1) is 8.84. The first kappa shape index (κ1) is 12.0. The van der Waals surface area contributed by atoms with E-state index in [9.17, 15) is 0 Å². The molecule has 0 aliphatic heterocycles. The molecule has 0 saturated heterocycles. The lowest BCUT2D eigenvalue weighted by molar-refractivity contribution is 0.291. The van der Waals surface area contributed by atoms with Crippen LogP contribution in [0.3, 0.4) is 0 Å². The van der Waals surface area contributed by atoms with E-state index in [4.69, 9.17) is 4.74 Å². The number of ether oxygens (including phenoxy) is 1. The molecule has 0 bridgehead atoms. The number of hydrogen-bond acceptors (Lipinski definition) is 3. The Kier molecular flexibility index (Phi) is 3.50. The molecule has 2 fully saturated rings. The highest BCUT2D eigenvalue weighted by molar-refractivity contribution is 5.25. The third kappa shape index (κ3) is 3.02. The maximum Gasteiger partial charge on any atom is 0.140 e.